The molecule has 224 valence electrons. The number of aromatic nitrogens is 2. The second-order valence-corrected chi connectivity index (χ2v) is 11.9. The minimum absolute atomic E-state index is 0.0221. The minimum atomic E-state index is -0.447. The summed E-state index contributed by atoms with van der Waals surface area (Å²) in [7, 11) is 0. The molecule has 0 atom stereocenters. The van der Waals surface area contributed by atoms with Crippen molar-refractivity contribution in [3.05, 3.63) is 182 Å². The van der Waals surface area contributed by atoms with Gasteiger partial charge in [0.25, 0.3) is 0 Å². The molecule has 0 fully saturated rings. The third-order valence-corrected chi connectivity index (χ3v) is 9.24. The number of hydrogen-bond acceptors (Lipinski definition) is 0. The summed E-state index contributed by atoms with van der Waals surface area (Å²) in [6, 6.07) is 38.4. The highest BCUT2D eigenvalue weighted by Crippen LogP contribution is 2.42. The van der Waals surface area contributed by atoms with Crippen molar-refractivity contribution in [1.82, 2.24) is 9.13 Å². The van der Waals surface area contributed by atoms with Gasteiger partial charge in [0.1, 0.15) is 0 Å². The summed E-state index contributed by atoms with van der Waals surface area (Å²) in [5, 5.41) is 5.78. The second-order valence-electron chi connectivity index (χ2n) is 11.9. The zero-order valence-corrected chi connectivity index (χ0v) is 25.5. The highest BCUT2D eigenvalue weighted by Gasteiger charge is 2.20. The first-order valence-electron chi connectivity index (χ1n) is 20.3. The molecule has 48 heavy (non-hydrogen) atoms. The number of fused-ring (bicyclic) bond motifs is 8. The van der Waals surface area contributed by atoms with Crippen LogP contribution in [0.5, 0.6) is 0 Å². The standard InChI is InChI=1S/C46H30N2/c1-3-13-31(14-4-1)34-18-11-20-36(27-34)47-42-24-10-9-23-39(42)40-29-41-45(30-44(40)47)48(43-26-25-33-17-7-8-22-38(33)46(41)43)37-21-12-19-35(28-37)32-15-5-2-6-16-32/h1-30H/i1D,3D,4D,12D,13D,14D,19D,21D,28D. The average molecular weight is 620 g/mol. The Balaban J connectivity index is 1.35. The topological polar surface area (TPSA) is 9.86 Å². The van der Waals surface area contributed by atoms with Crippen LogP contribution in [-0.2, 0) is 0 Å². The van der Waals surface area contributed by atoms with Crippen LogP contribution in [0.3, 0.4) is 0 Å². The van der Waals surface area contributed by atoms with Crippen LogP contribution in [0.1, 0.15) is 12.3 Å². The third kappa shape index (κ3) is 4.06. The molecule has 0 bridgehead atoms. The first-order chi connectivity index (χ1) is 27.6. The highest BCUT2D eigenvalue weighted by atomic mass is 15.0. The van der Waals surface area contributed by atoms with Crippen molar-refractivity contribution in [3.8, 4) is 33.6 Å². The summed E-state index contributed by atoms with van der Waals surface area (Å²) in [6.45, 7) is 0. The van der Waals surface area contributed by atoms with Gasteiger partial charge in [-0.3, -0.25) is 0 Å². The zero-order chi connectivity index (χ0) is 39.4. The van der Waals surface area contributed by atoms with Crippen molar-refractivity contribution in [2.75, 3.05) is 0 Å². The molecule has 0 aliphatic carbocycles. The van der Waals surface area contributed by atoms with E-state index in [1.807, 2.05) is 95.6 Å². The molecule has 0 radical (unpaired) electrons. The van der Waals surface area contributed by atoms with Crippen LogP contribution in [0.25, 0.3) is 88.0 Å². The predicted octanol–water partition coefficient (Wildman–Crippen LogP) is 12.4. The second kappa shape index (κ2) is 10.6. The van der Waals surface area contributed by atoms with Gasteiger partial charge in [0, 0.05) is 32.9 Å². The molecule has 10 rings (SSSR count). The van der Waals surface area contributed by atoms with Gasteiger partial charge in [0.2, 0.25) is 0 Å². The molecule has 0 saturated carbocycles. The molecular formula is C46H30N2. The molecule has 0 aliphatic heterocycles. The Morgan fingerprint density at radius 3 is 2.00 bits per heavy atom. The Hall–Kier alpha value is -6.38. The van der Waals surface area contributed by atoms with Gasteiger partial charge < -0.3 is 9.13 Å². The fraction of sp³-hybridized carbons (Fsp3) is 0. The van der Waals surface area contributed by atoms with Crippen molar-refractivity contribution < 1.29 is 12.3 Å². The molecule has 2 heterocycles. The number of hydrogen-bond donors (Lipinski definition) is 0. The van der Waals surface area contributed by atoms with Gasteiger partial charge in [-0.1, -0.05) is 133 Å². The molecular weight excluding hydrogens is 581 g/mol. The Bertz CT molecular complexity index is 3320. The van der Waals surface area contributed by atoms with Crippen LogP contribution in [0, 0.1) is 0 Å². The van der Waals surface area contributed by atoms with Gasteiger partial charge in [0.15, 0.2) is 0 Å². The van der Waals surface area contributed by atoms with Crippen LogP contribution in [0.2, 0.25) is 0 Å². The van der Waals surface area contributed by atoms with E-state index in [4.69, 9.17) is 9.60 Å². The van der Waals surface area contributed by atoms with Crippen molar-refractivity contribution in [3.63, 3.8) is 0 Å². The van der Waals surface area contributed by atoms with Crippen LogP contribution in [0.15, 0.2) is 182 Å². The molecule has 0 saturated heterocycles. The lowest BCUT2D eigenvalue weighted by atomic mass is 10.0. The van der Waals surface area contributed by atoms with E-state index in [0.29, 0.717) is 22.3 Å². The van der Waals surface area contributed by atoms with Gasteiger partial charge in [-0.05, 0) is 81.5 Å². The van der Waals surface area contributed by atoms with E-state index < -0.39 is 18.1 Å². The van der Waals surface area contributed by atoms with Gasteiger partial charge in [0.05, 0.1) is 34.4 Å². The van der Waals surface area contributed by atoms with Crippen LogP contribution in [0.4, 0.5) is 0 Å². The lowest BCUT2D eigenvalue weighted by molar-refractivity contribution is 1.17. The Morgan fingerprint density at radius 2 is 1.10 bits per heavy atom. The molecule has 0 amide bonds. The third-order valence-electron chi connectivity index (χ3n) is 9.24. The minimum Gasteiger partial charge on any atom is -0.309 e. The quantitative estimate of drug-likeness (QED) is 0.185. The Morgan fingerprint density at radius 1 is 0.375 bits per heavy atom. The zero-order valence-electron chi connectivity index (χ0n) is 34.5. The maximum absolute atomic E-state index is 9.64. The average Bonchev–Trinajstić information content (AvgIpc) is 3.73. The first kappa shape index (κ1) is 19.3. The molecule has 2 aromatic heterocycles. The van der Waals surface area contributed by atoms with Crippen molar-refractivity contribution >= 4 is 54.4 Å². The molecule has 10 aromatic rings. The highest BCUT2D eigenvalue weighted by molar-refractivity contribution is 6.25. The molecule has 0 spiro atoms. The monoisotopic (exact) mass is 619 g/mol. The summed E-state index contributed by atoms with van der Waals surface area (Å²) in [6.07, 6.45) is 0. The SMILES string of the molecule is [2H]c1c([2H])c([2H])c(-c2cccc(-n3c4ccccc4c4cc5c6c7ccccc7ccc6n(-c6c([2H])c([2H])c([2H])c(-c7ccccc7)c6[2H])c5cc43)c2)c([2H])c1[2H]. The maximum atomic E-state index is 9.64. The summed E-state index contributed by atoms with van der Waals surface area (Å²) in [5.74, 6) is 0. The van der Waals surface area contributed by atoms with Crippen molar-refractivity contribution in [2.24, 2.45) is 0 Å². The fourth-order valence-corrected chi connectivity index (χ4v) is 7.16. The summed E-state index contributed by atoms with van der Waals surface area (Å²) < 4.78 is 83.0. The summed E-state index contributed by atoms with van der Waals surface area (Å²) >= 11 is 0. The molecule has 0 aliphatic rings. The number of benzene rings is 8. The van der Waals surface area contributed by atoms with E-state index in [-0.39, 0.29) is 53.1 Å². The molecule has 2 heteroatoms. The van der Waals surface area contributed by atoms with Gasteiger partial charge >= 0.3 is 0 Å². The summed E-state index contributed by atoms with van der Waals surface area (Å²) in [5.41, 5.74) is 5.56. The molecule has 2 nitrogen and oxygen atoms in total. The predicted molar refractivity (Wildman–Crippen MR) is 203 cm³/mol. The van der Waals surface area contributed by atoms with E-state index in [1.54, 1.807) is 6.07 Å². The number of para-hydroxylation sites is 1. The Labute approximate surface area is 291 Å². The van der Waals surface area contributed by atoms with Crippen molar-refractivity contribution in [1.29, 1.82) is 0 Å². The van der Waals surface area contributed by atoms with Crippen LogP contribution >= 0.6 is 0 Å². The summed E-state index contributed by atoms with van der Waals surface area (Å²) in [4.78, 5) is 0. The van der Waals surface area contributed by atoms with E-state index in [0.717, 1.165) is 48.9 Å². The lowest BCUT2D eigenvalue weighted by Crippen LogP contribution is -1.96. The van der Waals surface area contributed by atoms with E-state index in [1.165, 1.54) is 0 Å². The Kier molecular flexibility index (Phi) is 4.26. The van der Waals surface area contributed by atoms with E-state index in [9.17, 15) is 2.74 Å². The first-order valence-corrected chi connectivity index (χ1v) is 15.8. The van der Waals surface area contributed by atoms with Gasteiger partial charge in [-0.15, -0.1) is 0 Å². The van der Waals surface area contributed by atoms with Crippen molar-refractivity contribution in [2.45, 2.75) is 0 Å². The van der Waals surface area contributed by atoms with Gasteiger partial charge in [-0.25, -0.2) is 0 Å². The van der Waals surface area contributed by atoms with Crippen LogP contribution < -0.4 is 0 Å². The maximum Gasteiger partial charge on any atom is 0.0651 e. The van der Waals surface area contributed by atoms with Gasteiger partial charge in [-0.2, -0.15) is 0 Å². The number of nitrogens with zero attached hydrogens (tertiary/aromatic N) is 2. The largest absolute Gasteiger partial charge is 0.309 e. The molecule has 8 aromatic carbocycles. The molecule has 0 unspecified atom stereocenters. The normalized spacial score (nSPS) is 14.4. The van der Waals surface area contributed by atoms with E-state index >= 15 is 0 Å². The van der Waals surface area contributed by atoms with E-state index in [2.05, 4.69) is 34.9 Å². The lowest BCUT2D eigenvalue weighted by Gasteiger charge is -2.12. The fourth-order valence-electron chi connectivity index (χ4n) is 7.16. The molecule has 0 N–H and O–H groups in total. The smallest absolute Gasteiger partial charge is 0.0651 e. The number of rotatable bonds is 4. The van der Waals surface area contributed by atoms with Crippen LogP contribution in [-0.4, -0.2) is 9.13 Å².